The molecule has 0 radical (unpaired) electrons. The summed E-state index contributed by atoms with van der Waals surface area (Å²) in [6.45, 7) is 3.28. The van der Waals surface area contributed by atoms with Gasteiger partial charge in [0.15, 0.2) is 11.5 Å². The van der Waals surface area contributed by atoms with E-state index in [2.05, 4.69) is 35.8 Å². The Morgan fingerprint density at radius 3 is 3.06 bits per heavy atom. The average Bonchev–Trinajstić information content (AvgIpc) is 3.05. The first-order valence-corrected chi connectivity index (χ1v) is 6.87. The van der Waals surface area contributed by atoms with Crippen LogP contribution < -0.4 is 14.8 Å². The molecule has 1 aromatic carbocycles. The van der Waals surface area contributed by atoms with Crippen LogP contribution in [0.2, 0.25) is 0 Å². The smallest absolute Gasteiger partial charge is 0.231 e. The van der Waals surface area contributed by atoms with E-state index in [-0.39, 0.29) is 0 Å². The topological polar surface area (TPSA) is 30.5 Å². The van der Waals surface area contributed by atoms with E-state index in [0.717, 1.165) is 23.6 Å². The Bertz CT molecular complexity index is 525. The van der Waals surface area contributed by atoms with Gasteiger partial charge < -0.3 is 14.8 Å². The number of hydrogen-bond donors (Lipinski definition) is 1. The molecule has 3 nitrogen and oxygen atoms in total. The van der Waals surface area contributed by atoms with Crippen molar-refractivity contribution in [2.24, 2.45) is 0 Å². The minimum Gasteiger partial charge on any atom is -0.454 e. The lowest BCUT2D eigenvalue weighted by atomic mass is 10.1. The van der Waals surface area contributed by atoms with Crippen molar-refractivity contribution in [2.75, 3.05) is 6.79 Å². The molecule has 0 unspecified atom stereocenters. The quantitative estimate of drug-likeness (QED) is 0.915. The van der Waals surface area contributed by atoms with Crippen LogP contribution in [-0.2, 0) is 6.54 Å². The zero-order chi connectivity index (χ0) is 12.4. The molecular weight excluding hydrogens is 246 g/mol. The van der Waals surface area contributed by atoms with E-state index in [1.165, 1.54) is 4.88 Å². The largest absolute Gasteiger partial charge is 0.454 e. The summed E-state index contributed by atoms with van der Waals surface area (Å²) in [5, 5.41) is 5.61. The van der Waals surface area contributed by atoms with Crippen molar-refractivity contribution >= 4 is 11.3 Å². The minimum absolute atomic E-state index is 0.326. The summed E-state index contributed by atoms with van der Waals surface area (Å²) in [4.78, 5) is 1.35. The first-order chi connectivity index (χ1) is 8.84. The molecule has 1 aliphatic rings. The van der Waals surface area contributed by atoms with Gasteiger partial charge in [-0.2, -0.15) is 0 Å². The molecule has 1 aliphatic heterocycles. The Labute approximate surface area is 110 Å². The molecule has 0 aliphatic carbocycles. The first-order valence-electron chi connectivity index (χ1n) is 5.99. The second-order valence-electron chi connectivity index (χ2n) is 4.27. The van der Waals surface area contributed by atoms with Crippen LogP contribution in [0.15, 0.2) is 35.7 Å². The second kappa shape index (κ2) is 5.00. The highest BCUT2D eigenvalue weighted by Gasteiger charge is 2.17. The Hall–Kier alpha value is -1.52. The monoisotopic (exact) mass is 261 g/mol. The van der Waals surface area contributed by atoms with Gasteiger partial charge >= 0.3 is 0 Å². The van der Waals surface area contributed by atoms with Crippen LogP contribution in [0.4, 0.5) is 0 Å². The van der Waals surface area contributed by atoms with Crippen molar-refractivity contribution in [3.8, 4) is 11.5 Å². The van der Waals surface area contributed by atoms with Gasteiger partial charge in [0.05, 0.1) is 0 Å². The van der Waals surface area contributed by atoms with Crippen molar-refractivity contribution in [1.29, 1.82) is 0 Å². The van der Waals surface area contributed by atoms with Crippen molar-refractivity contribution in [3.05, 3.63) is 46.2 Å². The van der Waals surface area contributed by atoms with Gasteiger partial charge in [0.1, 0.15) is 0 Å². The molecule has 0 spiro atoms. The molecule has 2 aromatic rings. The maximum absolute atomic E-state index is 5.49. The fourth-order valence-corrected chi connectivity index (χ4v) is 2.79. The van der Waals surface area contributed by atoms with E-state index >= 15 is 0 Å². The number of thiophene rings is 1. The predicted molar refractivity (Wildman–Crippen MR) is 72.1 cm³/mol. The number of para-hydroxylation sites is 1. The molecule has 0 amide bonds. The maximum Gasteiger partial charge on any atom is 0.231 e. The number of fused-ring (bicyclic) bond motifs is 1. The van der Waals surface area contributed by atoms with E-state index in [1.54, 1.807) is 11.3 Å². The summed E-state index contributed by atoms with van der Waals surface area (Å²) in [6, 6.07) is 10.6. The number of benzene rings is 1. The van der Waals surface area contributed by atoms with Gasteiger partial charge in [-0.25, -0.2) is 0 Å². The van der Waals surface area contributed by atoms with Crippen LogP contribution in [0.5, 0.6) is 11.5 Å². The molecule has 18 heavy (non-hydrogen) atoms. The van der Waals surface area contributed by atoms with Gasteiger partial charge in [-0.1, -0.05) is 18.2 Å². The molecular formula is C14H15NO2S. The first kappa shape index (κ1) is 11.6. The van der Waals surface area contributed by atoms with Gasteiger partial charge in [-0.15, -0.1) is 11.3 Å². The fraction of sp³-hybridized carbons (Fsp3) is 0.286. The van der Waals surface area contributed by atoms with E-state index in [4.69, 9.17) is 9.47 Å². The van der Waals surface area contributed by atoms with Crippen molar-refractivity contribution < 1.29 is 9.47 Å². The lowest BCUT2D eigenvalue weighted by molar-refractivity contribution is 0.173. The zero-order valence-electron chi connectivity index (χ0n) is 10.2. The zero-order valence-corrected chi connectivity index (χ0v) is 11.0. The van der Waals surface area contributed by atoms with E-state index < -0.39 is 0 Å². The second-order valence-corrected chi connectivity index (χ2v) is 5.25. The van der Waals surface area contributed by atoms with Crippen molar-refractivity contribution in [3.63, 3.8) is 0 Å². The third-order valence-corrected chi connectivity index (χ3v) is 4.10. The highest BCUT2D eigenvalue weighted by molar-refractivity contribution is 7.10. The summed E-state index contributed by atoms with van der Waals surface area (Å²) in [5.74, 6) is 1.72. The number of ether oxygens (including phenoxy) is 2. The molecule has 0 fully saturated rings. The number of nitrogens with one attached hydrogen (secondary N) is 1. The summed E-state index contributed by atoms with van der Waals surface area (Å²) in [6.07, 6.45) is 0. The van der Waals surface area contributed by atoms with Gasteiger partial charge in [-0.3, -0.25) is 0 Å². The van der Waals surface area contributed by atoms with Gasteiger partial charge in [0, 0.05) is 23.0 Å². The molecule has 4 heteroatoms. The molecule has 0 bridgehead atoms. The van der Waals surface area contributed by atoms with E-state index in [0.29, 0.717) is 12.8 Å². The maximum atomic E-state index is 5.49. The normalized spacial score (nSPS) is 14.7. The van der Waals surface area contributed by atoms with Crippen LogP contribution in [0.3, 0.4) is 0 Å². The summed E-state index contributed by atoms with van der Waals surface area (Å²) in [5.41, 5.74) is 1.15. The number of rotatable bonds is 4. The molecule has 1 aromatic heterocycles. The average molecular weight is 261 g/mol. The minimum atomic E-state index is 0.326. The molecule has 2 heterocycles. The molecule has 1 atom stereocenters. The highest BCUT2D eigenvalue weighted by atomic mass is 32.1. The Balaban J connectivity index is 1.69. The van der Waals surface area contributed by atoms with E-state index in [9.17, 15) is 0 Å². The molecule has 0 saturated heterocycles. The third kappa shape index (κ3) is 2.21. The number of hydrogen-bond acceptors (Lipinski definition) is 4. The van der Waals surface area contributed by atoms with Gasteiger partial charge in [-0.05, 0) is 24.4 Å². The lowest BCUT2D eigenvalue weighted by Gasteiger charge is -2.13. The third-order valence-electron chi connectivity index (χ3n) is 3.05. The van der Waals surface area contributed by atoms with Crippen LogP contribution in [-0.4, -0.2) is 6.79 Å². The van der Waals surface area contributed by atoms with Gasteiger partial charge in [0.25, 0.3) is 0 Å². The van der Waals surface area contributed by atoms with Crippen molar-refractivity contribution in [2.45, 2.75) is 19.5 Å². The SMILES string of the molecule is C[C@@H](NCc1cccc2c1OCO2)c1cccs1. The van der Waals surface area contributed by atoms with Crippen LogP contribution in [0.1, 0.15) is 23.4 Å². The standard InChI is InChI=1S/C14H15NO2S/c1-10(13-6-3-7-18-13)15-8-11-4-2-5-12-14(11)17-9-16-12/h2-7,10,15H,8-9H2,1H3/t10-/m1/s1. The molecule has 94 valence electrons. The fourth-order valence-electron chi connectivity index (χ4n) is 2.03. The van der Waals surface area contributed by atoms with Crippen LogP contribution in [0.25, 0.3) is 0 Å². The summed E-state index contributed by atoms with van der Waals surface area (Å²) in [7, 11) is 0. The van der Waals surface area contributed by atoms with Gasteiger partial charge in [0.2, 0.25) is 6.79 Å². The highest BCUT2D eigenvalue weighted by Crippen LogP contribution is 2.35. The summed E-state index contributed by atoms with van der Waals surface area (Å²) >= 11 is 1.77. The Kier molecular flexibility index (Phi) is 3.21. The molecule has 1 N–H and O–H groups in total. The molecule has 3 rings (SSSR count). The lowest BCUT2D eigenvalue weighted by Crippen LogP contribution is -2.17. The Morgan fingerprint density at radius 1 is 1.28 bits per heavy atom. The van der Waals surface area contributed by atoms with E-state index in [1.807, 2.05) is 12.1 Å². The van der Waals surface area contributed by atoms with Crippen LogP contribution >= 0.6 is 11.3 Å². The predicted octanol–water partition coefficient (Wildman–Crippen LogP) is 3.33. The van der Waals surface area contributed by atoms with Crippen molar-refractivity contribution in [1.82, 2.24) is 5.32 Å². The van der Waals surface area contributed by atoms with Crippen LogP contribution in [0, 0.1) is 0 Å². The molecule has 0 saturated carbocycles. The summed E-state index contributed by atoms with van der Waals surface area (Å²) < 4.78 is 10.9. The Morgan fingerprint density at radius 2 is 2.22 bits per heavy atom.